The summed E-state index contributed by atoms with van der Waals surface area (Å²) in [5, 5.41) is 12.2. The van der Waals surface area contributed by atoms with Crippen molar-refractivity contribution in [2.75, 3.05) is 6.61 Å². The summed E-state index contributed by atoms with van der Waals surface area (Å²) in [5.41, 5.74) is -0.597. The Morgan fingerprint density at radius 2 is 2.15 bits per heavy atom. The molecule has 6 heteroatoms. The average molecular weight is 298 g/mol. The van der Waals surface area contributed by atoms with Crippen LogP contribution in [0.1, 0.15) is 25.7 Å². The number of hydrogen-bond donors (Lipinski definition) is 2. The number of ether oxygens (including phenoxy) is 1. The highest BCUT2D eigenvalue weighted by Gasteiger charge is 2.40. The van der Waals surface area contributed by atoms with E-state index in [2.05, 4.69) is 5.32 Å². The fourth-order valence-corrected chi connectivity index (χ4v) is 2.46. The molecule has 1 aliphatic rings. The van der Waals surface area contributed by atoms with Crippen molar-refractivity contribution in [3.63, 3.8) is 0 Å². The lowest BCUT2D eigenvalue weighted by Gasteiger charge is -2.41. The number of halogens is 1. The van der Waals surface area contributed by atoms with Crippen molar-refractivity contribution in [3.05, 3.63) is 29.3 Å². The zero-order valence-electron chi connectivity index (χ0n) is 10.9. The van der Waals surface area contributed by atoms with Crippen molar-refractivity contribution in [1.29, 1.82) is 0 Å². The lowest BCUT2D eigenvalue weighted by atomic mass is 9.74. The van der Waals surface area contributed by atoms with Crippen LogP contribution in [0, 0.1) is 0 Å². The molecule has 1 fully saturated rings. The Morgan fingerprint density at radius 1 is 1.40 bits per heavy atom. The zero-order chi connectivity index (χ0) is 14.6. The van der Waals surface area contributed by atoms with Gasteiger partial charge in [-0.2, -0.15) is 0 Å². The van der Waals surface area contributed by atoms with Crippen LogP contribution in [0.5, 0.6) is 5.75 Å². The first kappa shape index (κ1) is 14.7. The third-order valence-corrected chi connectivity index (χ3v) is 3.61. The predicted octanol–water partition coefficient (Wildman–Crippen LogP) is 2.23. The maximum absolute atomic E-state index is 11.8. The van der Waals surface area contributed by atoms with Crippen molar-refractivity contribution >= 4 is 23.5 Å². The number of rotatable bonds is 6. The van der Waals surface area contributed by atoms with E-state index in [0.717, 1.165) is 6.42 Å². The van der Waals surface area contributed by atoms with Crippen LogP contribution in [0.15, 0.2) is 24.3 Å². The predicted molar refractivity (Wildman–Crippen MR) is 73.9 cm³/mol. The van der Waals surface area contributed by atoms with Crippen molar-refractivity contribution in [3.8, 4) is 5.75 Å². The monoisotopic (exact) mass is 297 g/mol. The third kappa shape index (κ3) is 3.87. The Hall–Kier alpha value is -1.75. The van der Waals surface area contributed by atoms with Crippen LogP contribution in [0.2, 0.25) is 5.02 Å². The molecule has 108 valence electrons. The topological polar surface area (TPSA) is 75.6 Å². The van der Waals surface area contributed by atoms with Crippen LogP contribution in [0.25, 0.3) is 0 Å². The molecular formula is C14H16ClNO4. The summed E-state index contributed by atoms with van der Waals surface area (Å²) in [4.78, 5) is 22.6. The fourth-order valence-electron chi connectivity index (χ4n) is 2.28. The van der Waals surface area contributed by atoms with Gasteiger partial charge in [0.25, 0.3) is 5.91 Å². The van der Waals surface area contributed by atoms with Crippen LogP contribution in [-0.2, 0) is 9.59 Å². The van der Waals surface area contributed by atoms with E-state index in [0.29, 0.717) is 23.6 Å². The van der Waals surface area contributed by atoms with Gasteiger partial charge < -0.3 is 15.2 Å². The van der Waals surface area contributed by atoms with Crippen LogP contribution in [-0.4, -0.2) is 29.1 Å². The molecule has 0 bridgehead atoms. The molecule has 0 radical (unpaired) electrons. The summed E-state index contributed by atoms with van der Waals surface area (Å²) < 4.78 is 5.32. The van der Waals surface area contributed by atoms with Gasteiger partial charge in [0.15, 0.2) is 6.61 Å². The number of aliphatic carboxylic acids is 1. The van der Waals surface area contributed by atoms with Gasteiger partial charge in [0, 0.05) is 5.02 Å². The van der Waals surface area contributed by atoms with Gasteiger partial charge in [0.05, 0.1) is 12.0 Å². The lowest BCUT2D eigenvalue weighted by Crippen LogP contribution is -2.55. The lowest BCUT2D eigenvalue weighted by molar-refractivity contribution is -0.140. The van der Waals surface area contributed by atoms with Crippen LogP contribution in [0.4, 0.5) is 0 Å². The van der Waals surface area contributed by atoms with E-state index in [1.165, 1.54) is 0 Å². The van der Waals surface area contributed by atoms with Crippen LogP contribution >= 0.6 is 11.6 Å². The van der Waals surface area contributed by atoms with E-state index < -0.39 is 11.5 Å². The summed E-state index contributed by atoms with van der Waals surface area (Å²) in [5.74, 6) is -0.708. The highest BCUT2D eigenvalue weighted by atomic mass is 35.5. The fraction of sp³-hybridized carbons (Fsp3) is 0.429. The van der Waals surface area contributed by atoms with E-state index in [9.17, 15) is 9.59 Å². The van der Waals surface area contributed by atoms with Crippen molar-refractivity contribution in [2.24, 2.45) is 0 Å². The molecule has 1 saturated carbocycles. The number of carbonyl (C=O) groups is 2. The molecule has 2 rings (SSSR count). The van der Waals surface area contributed by atoms with Gasteiger partial charge >= 0.3 is 5.97 Å². The number of carboxylic acid groups (broad SMARTS) is 1. The van der Waals surface area contributed by atoms with Gasteiger partial charge in [-0.1, -0.05) is 17.7 Å². The second kappa shape index (κ2) is 6.13. The first-order valence-electron chi connectivity index (χ1n) is 6.40. The van der Waals surface area contributed by atoms with Gasteiger partial charge in [-0.05, 0) is 37.5 Å². The number of carbonyl (C=O) groups excluding carboxylic acids is 1. The largest absolute Gasteiger partial charge is 0.484 e. The van der Waals surface area contributed by atoms with Crippen molar-refractivity contribution in [1.82, 2.24) is 5.32 Å². The summed E-state index contributed by atoms with van der Waals surface area (Å²) >= 11 is 5.81. The first-order chi connectivity index (χ1) is 9.49. The summed E-state index contributed by atoms with van der Waals surface area (Å²) in [6.45, 7) is -0.151. The molecule has 1 aliphatic carbocycles. The second-order valence-electron chi connectivity index (χ2n) is 5.00. The Bertz CT molecular complexity index is 514. The second-order valence-corrected chi connectivity index (χ2v) is 5.44. The highest BCUT2D eigenvalue weighted by molar-refractivity contribution is 6.30. The molecule has 20 heavy (non-hydrogen) atoms. The first-order valence-corrected chi connectivity index (χ1v) is 6.78. The molecule has 0 spiro atoms. The molecule has 0 atom stereocenters. The average Bonchev–Trinajstić information content (AvgIpc) is 2.33. The number of carboxylic acids is 1. The summed E-state index contributed by atoms with van der Waals surface area (Å²) in [7, 11) is 0. The van der Waals surface area contributed by atoms with E-state index in [-0.39, 0.29) is 18.9 Å². The molecular weight excluding hydrogens is 282 g/mol. The Labute approximate surface area is 121 Å². The van der Waals surface area contributed by atoms with Crippen molar-refractivity contribution < 1.29 is 19.4 Å². The Balaban J connectivity index is 1.84. The van der Waals surface area contributed by atoms with Crippen LogP contribution < -0.4 is 10.1 Å². The van der Waals surface area contributed by atoms with E-state index >= 15 is 0 Å². The SMILES string of the molecule is O=C(O)CC1(NC(=O)COc2cccc(Cl)c2)CCC1. The summed E-state index contributed by atoms with van der Waals surface area (Å²) in [6, 6.07) is 6.76. The van der Waals surface area contributed by atoms with E-state index in [1.54, 1.807) is 24.3 Å². The molecule has 1 aromatic carbocycles. The highest BCUT2D eigenvalue weighted by Crippen LogP contribution is 2.34. The quantitative estimate of drug-likeness (QED) is 0.844. The van der Waals surface area contributed by atoms with E-state index in [4.69, 9.17) is 21.4 Å². The van der Waals surface area contributed by atoms with E-state index in [1.807, 2.05) is 0 Å². The van der Waals surface area contributed by atoms with Gasteiger partial charge in [0.1, 0.15) is 5.75 Å². The molecule has 0 aliphatic heterocycles. The molecule has 0 saturated heterocycles. The maximum Gasteiger partial charge on any atom is 0.305 e. The molecule has 0 heterocycles. The van der Waals surface area contributed by atoms with Gasteiger partial charge in [-0.3, -0.25) is 9.59 Å². The van der Waals surface area contributed by atoms with Crippen LogP contribution in [0.3, 0.4) is 0 Å². The number of nitrogens with one attached hydrogen (secondary N) is 1. The number of amides is 1. The number of benzene rings is 1. The Kier molecular flexibility index (Phi) is 4.49. The smallest absolute Gasteiger partial charge is 0.305 e. The molecule has 2 N–H and O–H groups in total. The standard InChI is InChI=1S/C14H16ClNO4/c15-10-3-1-4-11(7-10)20-9-12(17)16-14(5-2-6-14)8-13(18)19/h1,3-4,7H,2,5-6,8-9H2,(H,16,17)(H,18,19). The van der Waals surface area contributed by atoms with Gasteiger partial charge in [0.2, 0.25) is 0 Å². The summed E-state index contributed by atoms with van der Waals surface area (Å²) in [6.07, 6.45) is 2.28. The minimum Gasteiger partial charge on any atom is -0.484 e. The molecule has 0 aromatic heterocycles. The molecule has 1 amide bonds. The maximum atomic E-state index is 11.8. The van der Waals surface area contributed by atoms with Crippen molar-refractivity contribution in [2.45, 2.75) is 31.2 Å². The molecule has 0 unspecified atom stereocenters. The minimum atomic E-state index is -0.902. The minimum absolute atomic E-state index is 0.0457. The third-order valence-electron chi connectivity index (χ3n) is 3.37. The zero-order valence-corrected chi connectivity index (χ0v) is 11.7. The Morgan fingerprint density at radius 3 is 2.70 bits per heavy atom. The normalized spacial score (nSPS) is 16.1. The molecule has 5 nitrogen and oxygen atoms in total. The number of hydrogen-bond acceptors (Lipinski definition) is 3. The molecule has 1 aromatic rings. The van der Waals surface area contributed by atoms with Gasteiger partial charge in [-0.15, -0.1) is 0 Å². The van der Waals surface area contributed by atoms with Gasteiger partial charge in [-0.25, -0.2) is 0 Å².